The highest BCUT2D eigenvalue weighted by Gasteiger charge is 2.01. The molecule has 0 aliphatic rings. The monoisotopic (exact) mass is 194 g/mol. The fourth-order valence-corrected chi connectivity index (χ4v) is 1.48. The molecule has 0 fully saturated rings. The van der Waals surface area contributed by atoms with Crippen LogP contribution in [0.1, 0.15) is 25.3 Å². The summed E-state index contributed by atoms with van der Waals surface area (Å²) in [6.45, 7) is 4.44. The first-order chi connectivity index (χ1) is 6.88. The van der Waals surface area contributed by atoms with Crippen molar-refractivity contribution in [3.63, 3.8) is 0 Å². The zero-order chi connectivity index (χ0) is 10.2. The second-order valence-electron chi connectivity index (χ2n) is 3.45. The van der Waals surface area contributed by atoms with E-state index in [9.17, 15) is 0 Å². The van der Waals surface area contributed by atoms with Crippen LogP contribution in [0, 0.1) is 0 Å². The van der Waals surface area contributed by atoms with Crippen molar-refractivity contribution in [2.75, 3.05) is 13.7 Å². The predicted octanol–water partition coefficient (Wildman–Crippen LogP) is 1.56. The molecular weight excluding hydrogens is 174 g/mol. The SMILES string of the molecule is CCCC[NH2+]Cc1ccccc1OC. The van der Waals surface area contributed by atoms with Crippen molar-refractivity contribution < 1.29 is 10.1 Å². The molecule has 0 aliphatic carbocycles. The molecule has 2 N–H and O–H groups in total. The summed E-state index contributed by atoms with van der Waals surface area (Å²) in [6, 6.07) is 8.21. The van der Waals surface area contributed by atoms with E-state index in [4.69, 9.17) is 4.74 Å². The van der Waals surface area contributed by atoms with E-state index in [1.807, 2.05) is 12.1 Å². The van der Waals surface area contributed by atoms with E-state index in [2.05, 4.69) is 24.4 Å². The summed E-state index contributed by atoms with van der Waals surface area (Å²) in [6.07, 6.45) is 2.55. The first kappa shape index (κ1) is 11.1. The number of ether oxygens (including phenoxy) is 1. The Hall–Kier alpha value is -1.02. The van der Waals surface area contributed by atoms with Crippen molar-refractivity contribution in [3.05, 3.63) is 29.8 Å². The van der Waals surface area contributed by atoms with Crippen molar-refractivity contribution in [3.8, 4) is 5.75 Å². The number of methoxy groups -OCH3 is 1. The van der Waals surface area contributed by atoms with Gasteiger partial charge in [-0.1, -0.05) is 25.5 Å². The van der Waals surface area contributed by atoms with E-state index in [0.717, 1.165) is 12.3 Å². The topological polar surface area (TPSA) is 25.8 Å². The first-order valence-corrected chi connectivity index (χ1v) is 5.32. The smallest absolute Gasteiger partial charge is 0.127 e. The molecule has 0 unspecified atom stereocenters. The Kier molecular flexibility index (Phi) is 5.08. The van der Waals surface area contributed by atoms with Crippen molar-refractivity contribution in [1.82, 2.24) is 0 Å². The van der Waals surface area contributed by atoms with Gasteiger partial charge in [0.1, 0.15) is 12.3 Å². The molecular formula is C12H20NO+. The molecule has 0 saturated heterocycles. The van der Waals surface area contributed by atoms with Crippen LogP contribution in [0.3, 0.4) is 0 Å². The van der Waals surface area contributed by atoms with Gasteiger partial charge < -0.3 is 10.1 Å². The van der Waals surface area contributed by atoms with Crippen molar-refractivity contribution >= 4 is 0 Å². The average Bonchev–Trinajstić information content (AvgIpc) is 2.25. The van der Waals surface area contributed by atoms with Gasteiger partial charge >= 0.3 is 0 Å². The van der Waals surface area contributed by atoms with Crippen LogP contribution in [0.4, 0.5) is 0 Å². The van der Waals surface area contributed by atoms with Gasteiger partial charge in [-0.05, 0) is 18.6 Å². The van der Waals surface area contributed by atoms with E-state index in [-0.39, 0.29) is 0 Å². The number of hydrogen-bond acceptors (Lipinski definition) is 1. The van der Waals surface area contributed by atoms with Crippen LogP contribution in [0.2, 0.25) is 0 Å². The van der Waals surface area contributed by atoms with E-state index in [1.54, 1.807) is 7.11 Å². The van der Waals surface area contributed by atoms with Crippen LogP contribution >= 0.6 is 0 Å². The van der Waals surface area contributed by atoms with Crippen LogP contribution < -0.4 is 10.1 Å². The molecule has 0 atom stereocenters. The molecule has 1 aromatic rings. The standard InChI is InChI=1S/C12H19NO/c1-3-4-9-13-10-11-7-5-6-8-12(11)14-2/h5-8,13H,3-4,9-10H2,1-2H3/p+1. The lowest BCUT2D eigenvalue weighted by Gasteiger charge is -2.06. The highest BCUT2D eigenvalue weighted by Crippen LogP contribution is 2.15. The van der Waals surface area contributed by atoms with Gasteiger partial charge in [0, 0.05) is 5.56 Å². The summed E-state index contributed by atoms with van der Waals surface area (Å²) >= 11 is 0. The Morgan fingerprint density at radius 2 is 2.07 bits per heavy atom. The quantitative estimate of drug-likeness (QED) is 0.683. The molecule has 0 spiro atoms. The second-order valence-corrected chi connectivity index (χ2v) is 3.45. The number of nitrogens with two attached hydrogens (primary N) is 1. The number of hydrogen-bond donors (Lipinski definition) is 1. The average molecular weight is 194 g/mol. The second kappa shape index (κ2) is 6.44. The summed E-state index contributed by atoms with van der Waals surface area (Å²) < 4.78 is 5.28. The number of unbranched alkanes of at least 4 members (excludes halogenated alkanes) is 1. The van der Waals surface area contributed by atoms with E-state index >= 15 is 0 Å². The number of para-hydroxylation sites is 1. The maximum Gasteiger partial charge on any atom is 0.127 e. The Labute approximate surface area is 86.3 Å². The fraction of sp³-hybridized carbons (Fsp3) is 0.500. The summed E-state index contributed by atoms with van der Waals surface area (Å²) in [5.74, 6) is 1.00. The van der Waals surface area contributed by atoms with Gasteiger partial charge in [-0.15, -0.1) is 0 Å². The summed E-state index contributed by atoms with van der Waals surface area (Å²) in [4.78, 5) is 0. The number of rotatable bonds is 6. The maximum absolute atomic E-state index is 5.28. The normalized spacial score (nSPS) is 10.1. The lowest BCUT2D eigenvalue weighted by atomic mass is 10.2. The molecule has 0 amide bonds. The van der Waals surface area contributed by atoms with E-state index < -0.39 is 0 Å². The third kappa shape index (κ3) is 3.38. The van der Waals surface area contributed by atoms with Crippen molar-refractivity contribution in [2.24, 2.45) is 0 Å². The van der Waals surface area contributed by atoms with Gasteiger partial charge in [-0.2, -0.15) is 0 Å². The van der Waals surface area contributed by atoms with Gasteiger partial charge in [0.2, 0.25) is 0 Å². The summed E-state index contributed by atoms with van der Waals surface area (Å²) in [5.41, 5.74) is 1.28. The predicted molar refractivity (Wildman–Crippen MR) is 58.4 cm³/mol. The molecule has 78 valence electrons. The number of quaternary nitrogens is 1. The molecule has 1 rings (SSSR count). The molecule has 0 aliphatic heterocycles. The molecule has 2 nitrogen and oxygen atoms in total. The Balaban J connectivity index is 2.41. The lowest BCUT2D eigenvalue weighted by Crippen LogP contribution is -2.82. The highest BCUT2D eigenvalue weighted by atomic mass is 16.5. The Morgan fingerprint density at radius 1 is 1.29 bits per heavy atom. The third-order valence-electron chi connectivity index (χ3n) is 2.32. The zero-order valence-corrected chi connectivity index (χ0v) is 9.12. The van der Waals surface area contributed by atoms with Gasteiger partial charge in [-0.3, -0.25) is 0 Å². The third-order valence-corrected chi connectivity index (χ3v) is 2.32. The largest absolute Gasteiger partial charge is 0.496 e. The number of benzene rings is 1. The van der Waals surface area contributed by atoms with Gasteiger partial charge in [0.25, 0.3) is 0 Å². The molecule has 0 saturated carbocycles. The fourth-order valence-electron chi connectivity index (χ4n) is 1.48. The summed E-state index contributed by atoms with van der Waals surface area (Å²) in [5, 5.41) is 2.33. The molecule has 0 radical (unpaired) electrons. The van der Waals surface area contributed by atoms with Crippen molar-refractivity contribution in [1.29, 1.82) is 0 Å². The minimum atomic E-state index is 1.00. The zero-order valence-electron chi connectivity index (χ0n) is 9.12. The minimum Gasteiger partial charge on any atom is -0.496 e. The molecule has 0 heterocycles. The van der Waals surface area contributed by atoms with Gasteiger partial charge in [-0.25, -0.2) is 0 Å². The van der Waals surface area contributed by atoms with E-state index in [0.29, 0.717) is 0 Å². The van der Waals surface area contributed by atoms with E-state index in [1.165, 1.54) is 24.9 Å². The molecule has 2 heteroatoms. The molecule has 0 aromatic heterocycles. The van der Waals surface area contributed by atoms with Crippen molar-refractivity contribution in [2.45, 2.75) is 26.3 Å². The molecule has 1 aromatic carbocycles. The lowest BCUT2D eigenvalue weighted by molar-refractivity contribution is -0.670. The Bertz CT molecular complexity index is 260. The maximum atomic E-state index is 5.28. The molecule has 14 heavy (non-hydrogen) atoms. The van der Waals surface area contributed by atoms with Crippen LogP contribution in [0.5, 0.6) is 5.75 Å². The van der Waals surface area contributed by atoms with Crippen LogP contribution in [-0.4, -0.2) is 13.7 Å². The Morgan fingerprint density at radius 3 is 2.79 bits per heavy atom. The first-order valence-electron chi connectivity index (χ1n) is 5.32. The highest BCUT2D eigenvalue weighted by molar-refractivity contribution is 5.32. The van der Waals surface area contributed by atoms with Crippen LogP contribution in [0.25, 0.3) is 0 Å². The van der Waals surface area contributed by atoms with Gasteiger partial charge in [0.15, 0.2) is 0 Å². The molecule has 0 bridgehead atoms. The van der Waals surface area contributed by atoms with Gasteiger partial charge in [0.05, 0.1) is 13.7 Å². The summed E-state index contributed by atoms with van der Waals surface area (Å²) in [7, 11) is 1.73. The van der Waals surface area contributed by atoms with Crippen LogP contribution in [-0.2, 0) is 6.54 Å². The minimum absolute atomic E-state index is 1.00. The van der Waals surface area contributed by atoms with Crippen LogP contribution in [0.15, 0.2) is 24.3 Å².